The lowest BCUT2D eigenvalue weighted by molar-refractivity contribution is -0.286. The molecule has 2 rings (SSSR count). The second-order valence-electron chi connectivity index (χ2n) is 6.19. The van der Waals surface area contributed by atoms with Crippen molar-refractivity contribution in [3.63, 3.8) is 0 Å². The number of nitrogens with one attached hydrogen (secondary N) is 1. The quantitative estimate of drug-likeness (QED) is 0.871. The van der Waals surface area contributed by atoms with Crippen LogP contribution in [0.15, 0.2) is 18.2 Å². The van der Waals surface area contributed by atoms with Gasteiger partial charge < -0.3 is 24.6 Å². The highest BCUT2D eigenvalue weighted by Crippen LogP contribution is 2.41. The third kappa shape index (κ3) is 4.71. The summed E-state index contributed by atoms with van der Waals surface area (Å²) in [5, 5.41) is 11.4. The van der Waals surface area contributed by atoms with Gasteiger partial charge in [-0.2, -0.15) is 0 Å². The van der Waals surface area contributed by atoms with E-state index in [1.54, 1.807) is 20.8 Å². The van der Waals surface area contributed by atoms with Crippen LogP contribution in [0.5, 0.6) is 11.5 Å². The molecule has 1 aromatic carbocycles. The number of carbonyl (C=O) groups is 2. The van der Waals surface area contributed by atoms with Crippen molar-refractivity contribution >= 4 is 12.1 Å². The standard InChI is InChI=1S/C15H17F2NO6/c1-14(2,3)24-13(21)18-9(12(19)20)6-8-4-5-10-11(7-8)23-15(16,17)22-10/h4-5,7,9H,6H2,1-3H3,(H,18,21)(H,19,20). The average Bonchev–Trinajstić information content (AvgIpc) is 2.68. The molecule has 24 heavy (non-hydrogen) atoms. The molecule has 2 N–H and O–H groups in total. The number of benzene rings is 1. The van der Waals surface area contributed by atoms with Gasteiger partial charge in [0.05, 0.1) is 0 Å². The van der Waals surface area contributed by atoms with Crippen molar-refractivity contribution in [2.45, 2.75) is 45.1 Å². The number of aliphatic carboxylic acids is 1. The van der Waals surface area contributed by atoms with Crippen LogP contribution in [0.25, 0.3) is 0 Å². The zero-order valence-corrected chi connectivity index (χ0v) is 13.3. The van der Waals surface area contributed by atoms with Gasteiger partial charge in [-0.1, -0.05) is 6.07 Å². The summed E-state index contributed by atoms with van der Waals surface area (Å²) in [6, 6.07) is 2.61. The van der Waals surface area contributed by atoms with E-state index >= 15 is 0 Å². The molecule has 1 aromatic rings. The molecule has 0 aliphatic carbocycles. The van der Waals surface area contributed by atoms with Crippen molar-refractivity contribution in [1.29, 1.82) is 0 Å². The highest BCUT2D eigenvalue weighted by Gasteiger charge is 2.43. The van der Waals surface area contributed by atoms with Crippen molar-refractivity contribution in [2.24, 2.45) is 0 Å². The highest BCUT2D eigenvalue weighted by molar-refractivity contribution is 5.80. The third-order valence-corrected chi connectivity index (χ3v) is 2.89. The number of fused-ring (bicyclic) bond motifs is 1. The Morgan fingerprint density at radius 2 is 1.92 bits per heavy atom. The van der Waals surface area contributed by atoms with Crippen LogP contribution in [-0.2, 0) is 16.0 Å². The number of hydrogen-bond acceptors (Lipinski definition) is 5. The predicted octanol–water partition coefficient (Wildman–Crippen LogP) is 2.53. The Kier molecular flexibility index (Phi) is 4.54. The molecule has 0 radical (unpaired) electrons. The first-order chi connectivity index (χ1) is 11.0. The molecule has 1 aliphatic rings. The summed E-state index contributed by atoms with van der Waals surface area (Å²) in [5.74, 6) is -1.63. The van der Waals surface area contributed by atoms with Crippen LogP contribution < -0.4 is 14.8 Å². The molecule has 0 saturated carbocycles. The van der Waals surface area contributed by atoms with Gasteiger partial charge in [-0.15, -0.1) is 8.78 Å². The lowest BCUT2D eigenvalue weighted by Gasteiger charge is -2.22. The van der Waals surface area contributed by atoms with E-state index in [2.05, 4.69) is 14.8 Å². The SMILES string of the molecule is CC(C)(C)OC(=O)NC(Cc1ccc2c(c1)OC(F)(F)O2)C(=O)O. The van der Waals surface area contributed by atoms with Crippen molar-refractivity contribution in [2.75, 3.05) is 0 Å². The smallest absolute Gasteiger partial charge is 0.480 e. The normalized spacial score (nSPS) is 16.4. The second-order valence-corrected chi connectivity index (χ2v) is 6.19. The number of halogens is 2. The zero-order valence-electron chi connectivity index (χ0n) is 13.3. The molecule has 1 atom stereocenters. The maximum Gasteiger partial charge on any atom is 0.586 e. The third-order valence-electron chi connectivity index (χ3n) is 2.89. The first-order valence-corrected chi connectivity index (χ1v) is 7.06. The number of carboxylic acids is 1. The van der Waals surface area contributed by atoms with Crippen molar-refractivity contribution in [3.05, 3.63) is 23.8 Å². The van der Waals surface area contributed by atoms with E-state index in [0.717, 1.165) is 0 Å². The first-order valence-electron chi connectivity index (χ1n) is 7.06. The largest absolute Gasteiger partial charge is 0.586 e. The van der Waals surface area contributed by atoms with Crippen LogP contribution in [-0.4, -0.2) is 35.1 Å². The summed E-state index contributed by atoms with van der Waals surface area (Å²) in [7, 11) is 0. The minimum Gasteiger partial charge on any atom is -0.480 e. The van der Waals surface area contributed by atoms with E-state index in [1.165, 1.54) is 18.2 Å². The Morgan fingerprint density at radius 3 is 2.50 bits per heavy atom. The number of alkyl carbamates (subject to hydrolysis) is 1. The fourth-order valence-corrected chi connectivity index (χ4v) is 2.01. The fraction of sp³-hybridized carbons (Fsp3) is 0.467. The molecule has 7 nitrogen and oxygen atoms in total. The van der Waals surface area contributed by atoms with Gasteiger partial charge in [-0.05, 0) is 38.5 Å². The van der Waals surface area contributed by atoms with E-state index in [4.69, 9.17) is 4.74 Å². The summed E-state index contributed by atoms with van der Waals surface area (Å²) < 4.78 is 39.5. The Hall–Kier alpha value is -2.58. The van der Waals surface area contributed by atoms with Gasteiger partial charge in [0, 0.05) is 6.42 Å². The van der Waals surface area contributed by atoms with Gasteiger partial charge in [-0.3, -0.25) is 0 Å². The van der Waals surface area contributed by atoms with Crippen LogP contribution >= 0.6 is 0 Å². The van der Waals surface area contributed by atoms with Crippen LogP contribution in [0, 0.1) is 0 Å². The molecule has 0 fully saturated rings. The molecule has 0 bridgehead atoms. The molecule has 0 spiro atoms. The van der Waals surface area contributed by atoms with E-state index < -0.39 is 30.0 Å². The number of ether oxygens (including phenoxy) is 3. The van der Waals surface area contributed by atoms with E-state index in [1.807, 2.05) is 0 Å². The van der Waals surface area contributed by atoms with Gasteiger partial charge in [0.15, 0.2) is 11.5 Å². The highest BCUT2D eigenvalue weighted by atomic mass is 19.3. The second kappa shape index (κ2) is 6.14. The fourth-order valence-electron chi connectivity index (χ4n) is 2.01. The molecule has 132 valence electrons. The topological polar surface area (TPSA) is 94.1 Å². The molecule has 1 aliphatic heterocycles. The number of carboxylic acid groups (broad SMARTS) is 1. The predicted molar refractivity (Wildman–Crippen MR) is 77.1 cm³/mol. The molecule has 1 unspecified atom stereocenters. The molecule has 9 heteroatoms. The van der Waals surface area contributed by atoms with E-state index in [9.17, 15) is 23.5 Å². The van der Waals surface area contributed by atoms with Crippen molar-refractivity contribution < 1.29 is 37.7 Å². The lowest BCUT2D eigenvalue weighted by atomic mass is 10.1. The number of carbonyl (C=O) groups excluding carboxylic acids is 1. The van der Waals surface area contributed by atoms with Gasteiger partial charge in [-0.25, -0.2) is 9.59 Å². The molecular weight excluding hydrogens is 328 g/mol. The summed E-state index contributed by atoms with van der Waals surface area (Å²) in [6.45, 7) is 4.92. The van der Waals surface area contributed by atoms with E-state index in [0.29, 0.717) is 5.56 Å². The maximum absolute atomic E-state index is 13.0. The molecule has 1 amide bonds. The number of alkyl halides is 2. The van der Waals surface area contributed by atoms with Crippen LogP contribution in [0.1, 0.15) is 26.3 Å². The Balaban J connectivity index is 2.07. The Bertz CT molecular complexity index is 656. The molecule has 0 saturated heterocycles. The maximum atomic E-state index is 13.0. The molecular formula is C15H17F2NO6. The Labute approximate surface area is 136 Å². The van der Waals surface area contributed by atoms with Crippen LogP contribution in [0.3, 0.4) is 0 Å². The number of rotatable bonds is 4. The Morgan fingerprint density at radius 1 is 1.29 bits per heavy atom. The summed E-state index contributed by atoms with van der Waals surface area (Å²) >= 11 is 0. The molecule has 0 aromatic heterocycles. The van der Waals surface area contributed by atoms with E-state index in [-0.39, 0.29) is 17.9 Å². The van der Waals surface area contributed by atoms with Gasteiger partial charge in [0.1, 0.15) is 11.6 Å². The zero-order chi connectivity index (χ0) is 18.1. The summed E-state index contributed by atoms with van der Waals surface area (Å²) in [4.78, 5) is 23.0. The minimum atomic E-state index is -3.75. The first kappa shape index (κ1) is 17.8. The lowest BCUT2D eigenvalue weighted by Crippen LogP contribution is -2.44. The number of amides is 1. The number of hydrogen-bond donors (Lipinski definition) is 2. The van der Waals surface area contributed by atoms with Crippen LogP contribution in [0.4, 0.5) is 13.6 Å². The van der Waals surface area contributed by atoms with Gasteiger partial charge >= 0.3 is 18.4 Å². The van der Waals surface area contributed by atoms with Gasteiger partial charge in [0.25, 0.3) is 0 Å². The van der Waals surface area contributed by atoms with Crippen molar-refractivity contribution in [1.82, 2.24) is 5.32 Å². The minimum absolute atomic E-state index is 0.142. The summed E-state index contributed by atoms with van der Waals surface area (Å²) in [6.07, 6.45) is -4.78. The van der Waals surface area contributed by atoms with Crippen molar-refractivity contribution in [3.8, 4) is 11.5 Å². The van der Waals surface area contributed by atoms with Crippen LogP contribution in [0.2, 0.25) is 0 Å². The average molecular weight is 345 g/mol. The van der Waals surface area contributed by atoms with Gasteiger partial charge in [0.2, 0.25) is 0 Å². The monoisotopic (exact) mass is 345 g/mol. The summed E-state index contributed by atoms with van der Waals surface area (Å²) in [5.41, 5.74) is -0.407. The molecule has 1 heterocycles.